The lowest BCUT2D eigenvalue weighted by molar-refractivity contribution is -0.107. The van der Waals surface area contributed by atoms with Gasteiger partial charge in [-0.05, 0) is 87.9 Å². The molecule has 0 aromatic heterocycles. The number of phenols is 3. The largest absolute Gasteiger partial charge is 0.507 e. The number of hydrogen-bond acceptors (Lipinski definition) is 5. The molecule has 0 heterocycles. The number of phenolic OH excluding ortho intramolecular Hbond substituents is 3. The molecule has 2 aromatic carbocycles. The van der Waals surface area contributed by atoms with E-state index < -0.39 is 0 Å². The molecule has 0 aliphatic carbocycles. The Hall–Kier alpha value is -3.19. The molecule has 0 bridgehead atoms. The standard InChI is InChI=1S/C29H37BrN2O4/c1-20(2)10-7-11-21(3)12-8-13-22(4)14-9-17-32(19-33)24-18-26(35)27(30)29(36)28(24)31-23-15-5-6-16-25(23)34/h5-6,10,12,14-16,18-19,31,34-36H,7-9,11,13,17H2,1-4H3/b21-12+,22-14?. The Morgan fingerprint density at radius 1 is 0.917 bits per heavy atom. The predicted molar refractivity (Wildman–Crippen MR) is 152 cm³/mol. The average molecular weight is 558 g/mol. The summed E-state index contributed by atoms with van der Waals surface area (Å²) >= 11 is 3.17. The highest BCUT2D eigenvalue weighted by Gasteiger charge is 2.21. The number of rotatable bonds is 13. The molecule has 0 fully saturated rings. The zero-order chi connectivity index (χ0) is 26.7. The molecule has 2 aromatic rings. The quantitative estimate of drug-likeness (QED) is 0.0865. The van der Waals surface area contributed by atoms with Gasteiger partial charge in [0.05, 0.1) is 11.4 Å². The van der Waals surface area contributed by atoms with Crippen LogP contribution in [0.4, 0.5) is 17.1 Å². The van der Waals surface area contributed by atoms with Crippen LogP contribution in [0, 0.1) is 0 Å². The lowest BCUT2D eigenvalue weighted by Gasteiger charge is -2.23. The highest BCUT2D eigenvalue weighted by Crippen LogP contribution is 2.47. The number of nitrogens with zero attached hydrogens (tertiary/aromatic N) is 1. The van der Waals surface area contributed by atoms with E-state index in [-0.39, 0.29) is 27.4 Å². The fourth-order valence-electron chi connectivity index (χ4n) is 3.70. The molecule has 194 valence electrons. The Morgan fingerprint density at radius 2 is 1.53 bits per heavy atom. The minimum atomic E-state index is -0.265. The smallest absolute Gasteiger partial charge is 0.214 e. The van der Waals surface area contributed by atoms with Crippen LogP contribution in [0.3, 0.4) is 0 Å². The van der Waals surface area contributed by atoms with Gasteiger partial charge in [-0.2, -0.15) is 0 Å². The molecule has 7 heteroatoms. The summed E-state index contributed by atoms with van der Waals surface area (Å²) in [6, 6.07) is 7.98. The van der Waals surface area contributed by atoms with Crippen LogP contribution in [-0.4, -0.2) is 28.3 Å². The van der Waals surface area contributed by atoms with Crippen LogP contribution >= 0.6 is 15.9 Å². The minimum absolute atomic E-state index is 0.00973. The van der Waals surface area contributed by atoms with Crippen molar-refractivity contribution in [2.75, 3.05) is 16.8 Å². The van der Waals surface area contributed by atoms with Crippen LogP contribution in [0.25, 0.3) is 0 Å². The average Bonchev–Trinajstić information content (AvgIpc) is 2.83. The van der Waals surface area contributed by atoms with Crippen LogP contribution in [0.2, 0.25) is 0 Å². The molecule has 0 unspecified atom stereocenters. The Morgan fingerprint density at radius 3 is 2.14 bits per heavy atom. The number of carbonyl (C=O) groups is 1. The number of anilines is 3. The predicted octanol–water partition coefficient (Wildman–Crippen LogP) is 8.08. The van der Waals surface area contributed by atoms with Crippen LogP contribution in [0.1, 0.15) is 59.8 Å². The number of carbonyl (C=O) groups excluding carboxylic acids is 1. The third-order valence-corrected chi connectivity index (χ3v) is 6.57. The van der Waals surface area contributed by atoms with E-state index in [1.54, 1.807) is 18.2 Å². The van der Waals surface area contributed by atoms with E-state index in [4.69, 9.17) is 0 Å². The van der Waals surface area contributed by atoms with E-state index >= 15 is 0 Å². The second kappa shape index (κ2) is 14.4. The van der Waals surface area contributed by atoms with E-state index in [1.165, 1.54) is 33.8 Å². The molecule has 0 aliphatic rings. The summed E-state index contributed by atoms with van der Waals surface area (Å²) in [5.74, 6) is -0.473. The van der Waals surface area contributed by atoms with E-state index in [2.05, 4.69) is 67.2 Å². The highest BCUT2D eigenvalue weighted by atomic mass is 79.9. The molecule has 36 heavy (non-hydrogen) atoms. The molecule has 2 rings (SSSR count). The van der Waals surface area contributed by atoms with Crippen molar-refractivity contribution in [3.63, 3.8) is 0 Å². The van der Waals surface area contributed by atoms with Gasteiger partial charge in [-0.25, -0.2) is 0 Å². The molecule has 0 saturated heterocycles. The topological polar surface area (TPSA) is 93.0 Å². The number of hydrogen-bond donors (Lipinski definition) is 4. The maximum Gasteiger partial charge on any atom is 0.214 e. The van der Waals surface area contributed by atoms with Gasteiger partial charge in [0, 0.05) is 12.6 Å². The first kappa shape index (κ1) is 29.0. The first-order valence-corrected chi connectivity index (χ1v) is 12.9. The van der Waals surface area contributed by atoms with Gasteiger partial charge in [-0.15, -0.1) is 0 Å². The summed E-state index contributed by atoms with van der Waals surface area (Å²) in [5, 5.41) is 34.1. The van der Waals surface area contributed by atoms with Crippen molar-refractivity contribution in [1.82, 2.24) is 0 Å². The number of amides is 1. The summed E-state index contributed by atoms with van der Waals surface area (Å²) in [6.07, 6.45) is 12.0. The molecular formula is C29H37BrN2O4. The van der Waals surface area contributed by atoms with Crippen LogP contribution in [-0.2, 0) is 4.79 Å². The maximum absolute atomic E-state index is 12.0. The van der Waals surface area contributed by atoms with Crippen molar-refractivity contribution in [1.29, 1.82) is 0 Å². The van der Waals surface area contributed by atoms with Gasteiger partial charge in [-0.1, -0.05) is 47.1 Å². The lowest BCUT2D eigenvalue weighted by atomic mass is 10.1. The Kier molecular flexibility index (Phi) is 11.6. The molecule has 0 saturated carbocycles. The normalized spacial score (nSPS) is 11.8. The van der Waals surface area contributed by atoms with Crippen molar-refractivity contribution in [2.24, 2.45) is 0 Å². The summed E-state index contributed by atoms with van der Waals surface area (Å²) in [7, 11) is 0. The molecule has 0 radical (unpaired) electrons. The minimum Gasteiger partial charge on any atom is -0.507 e. The Bertz CT molecular complexity index is 1130. The van der Waals surface area contributed by atoms with Gasteiger partial charge in [-0.3, -0.25) is 4.79 Å². The fraction of sp³-hybridized carbons (Fsp3) is 0.345. The van der Waals surface area contributed by atoms with Crippen molar-refractivity contribution < 1.29 is 20.1 Å². The molecule has 0 spiro atoms. The molecular weight excluding hydrogens is 520 g/mol. The highest BCUT2D eigenvalue weighted by molar-refractivity contribution is 9.10. The van der Waals surface area contributed by atoms with Gasteiger partial charge < -0.3 is 25.5 Å². The van der Waals surface area contributed by atoms with Crippen LogP contribution in [0.5, 0.6) is 17.2 Å². The third-order valence-electron chi connectivity index (χ3n) is 5.79. The van der Waals surface area contributed by atoms with E-state index in [0.717, 1.165) is 25.7 Å². The number of para-hydroxylation sites is 2. The first-order chi connectivity index (χ1) is 17.1. The lowest BCUT2D eigenvalue weighted by Crippen LogP contribution is -2.23. The van der Waals surface area contributed by atoms with Gasteiger partial charge in [0.2, 0.25) is 6.41 Å². The van der Waals surface area contributed by atoms with Gasteiger partial charge in [0.25, 0.3) is 0 Å². The van der Waals surface area contributed by atoms with Crippen molar-refractivity contribution >= 4 is 39.4 Å². The van der Waals surface area contributed by atoms with Crippen molar-refractivity contribution in [2.45, 2.75) is 59.8 Å². The zero-order valence-electron chi connectivity index (χ0n) is 21.5. The summed E-state index contributed by atoms with van der Waals surface area (Å²) in [4.78, 5) is 13.4. The third kappa shape index (κ3) is 8.79. The zero-order valence-corrected chi connectivity index (χ0v) is 23.1. The van der Waals surface area contributed by atoms with Crippen LogP contribution < -0.4 is 10.2 Å². The Balaban J connectivity index is 2.09. The van der Waals surface area contributed by atoms with Gasteiger partial charge in [0.15, 0.2) is 5.75 Å². The SMILES string of the molecule is CC(C)=CCC/C(C)=C/CCC(C)=CCCN(C=O)c1cc(O)c(Br)c(O)c1Nc1ccccc1O. The molecule has 0 atom stereocenters. The maximum atomic E-state index is 12.0. The summed E-state index contributed by atoms with van der Waals surface area (Å²) in [5.41, 5.74) is 4.84. The van der Waals surface area contributed by atoms with Crippen LogP contribution in [0.15, 0.2) is 69.8 Å². The molecule has 6 nitrogen and oxygen atoms in total. The monoisotopic (exact) mass is 556 g/mol. The number of benzene rings is 2. The van der Waals surface area contributed by atoms with E-state index in [0.29, 0.717) is 30.8 Å². The second-order valence-electron chi connectivity index (χ2n) is 9.14. The molecule has 4 N–H and O–H groups in total. The van der Waals surface area contributed by atoms with Crippen molar-refractivity contribution in [3.05, 3.63) is 69.8 Å². The number of aromatic hydroxyl groups is 3. The summed E-state index contributed by atoms with van der Waals surface area (Å²) < 4.78 is 0.0926. The van der Waals surface area contributed by atoms with Crippen molar-refractivity contribution in [3.8, 4) is 17.2 Å². The summed E-state index contributed by atoms with van der Waals surface area (Å²) in [6.45, 7) is 8.84. The number of halogens is 1. The number of allylic oxidation sites excluding steroid dienone is 5. The van der Waals surface area contributed by atoms with E-state index in [9.17, 15) is 20.1 Å². The van der Waals surface area contributed by atoms with Gasteiger partial charge in [0.1, 0.15) is 21.7 Å². The number of nitrogens with one attached hydrogen (secondary N) is 1. The second-order valence-corrected chi connectivity index (χ2v) is 9.93. The fourth-order valence-corrected chi connectivity index (χ4v) is 4.01. The molecule has 1 amide bonds. The van der Waals surface area contributed by atoms with E-state index in [1.807, 2.05) is 0 Å². The first-order valence-electron chi connectivity index (χ1n) is 12.1. The Labute approximate surface area is 222 Å². The molecule has 0 aliphatic heterocycles. The van der Waals surface area contributed by atoms with Gasteiger partial charge >= 0.3 is 0 Å².